The van der Waals surface area contributed by atoms with Crippen molar-refractivity contribution >= 4 is 5.69 Å². The number of hydrogen-bond donors (Lipinski definition) is 0. The van der Waals surface area contributed by atoms with Gasteiger partial charge in [0, 0.05) is 56.9 Å². The molecular formula is C29H34N6O2. The van der Waals surface area contributed by atoms with Gasteiger partial charge in [-0.1, -0.05) is 48.5 Å². The highest BCUT2D eigenvalue weighted by molar-refractivity contribution is 5.57. The van der Waals surface area contributed by atoms with Gasteiger partial charge in [-0.15, -0.1) is 0 Å². The standard InChI is InChI=1S/C29H34N6O2/c1-3-34-23(2)25(20-30-34)22-32-15-17-33(18-16-32)27-21-31-35(26-12-8-5-9-13-26)29(36)28(27)37-19-14-24-10-6-4-7-11-24/h4-13,20-21H,3,14-19,22H2,1-2H3. The fraction of sp³-hybridized carbons (Fsp3) is 0.345. The van der Waals surface area contributed by atoms with Crippen molar-refractivity contribution in [2.45, 2.75) is 33.4 Å². The van der Waals surface area contributed by atoms with E-state index in [0.717, 1.165) is 57.1 Å². The van der Waals surface area contributed by atoms with Crippen molar-refractivity contribution in [1.82, 2.24) is 24.5 Å². The summed E-state index contributed by atoms with van der Waals surface area (Å²) >= 11 is 0. The summed E-state index contributed by atoms with van der Waals surface area (Å²) in [4.78, 5) is 18.2. The molecule has 8 nitrogen and oxygen atoms in total. The van der Waals surface area contributed by atoms with Gasteiger partial charge in [0.25, 0.3) is 0 Å². The van der Waals surface area contributed by atoms with Crippen LogP contribution in [0.4, 0.5) is 5.69 Å². The minimum absolute atomic E-state index is 0.234. The van der Waals surface area contributed by atoms with Crippen molar-refractivity contribution in [2.75, 3.05) is 37.7 Å². The predicted molar refractivity (Wildman–Crippen MR) is 146 cm³/mol. The van der Waals surface area contributed by atoms with E-state index in [1.807, 2.05) is 59.4 Å². The molecule has 0 spiro atoms. The molecule has 2 aromatic carbocycles. The van der Waals surface area contributed by atoms with E-state index in [2.05, 4.69) is 46.0 Å². The van der Waals surface area contributed by atoms with Gasteiger partial charge in [-0.25, -0.2) is 0 Å². The molecule has 192 valence electrons. The quantitative estimate of drug-likeness (QED) is 0.351. The second-order valence-electron chi connectivity index (χ2n) is 9.33. The number of aryl methyl sites for hydroxylation is 1. The number of ether oxygens (including phenoxy) is 1. The zero-order chi connectivity index (χ0) is 25.6. The van der Waals surface area contributed by atoms with Gasteiger partial charge in [0.15, 0.2) is 0 Å². The minimum atomic E-state index is -0.234. The smallest absolute Gasteiger partial charge is 0.316 e. The lowest BCUT2D eigenvalue weighted by Gasteiger charge is -2.36. The Balaban J connectivity index is 1.33. The Morgan fingerprint density at radius 2 is 1.59 bits per heavy atom. The molecule has 1 aliphatic heterocycles. The van der Waals surface area contributed by atoms with Crippen LogP contribution in [0.2, 0.25) is 0 Å². The highest BCUT2D eigenvalue weighted by Crippen LogP contribution is 2.26. The maximum Gasteiger partial charge on any atom is 0.316 e. The fourth-order valence-corrected chi connectivity index (χ4v) is 4.81. The van der Waals surface area contributed by atoms with Crippen LogP contribution in [0.3, 0.4) is 0 Å². The number of hydrogen-bond acceptors (Lipinski definition) is 6. The third-order valence-electron chi connectivity index (χ3n) is 7.01. The molecule has 37 heavy (non-hydrogen) atoms. The van der Waals surface area contributed by atoms with Crippen molar-refractivity contribution in [3.05, 3.63) is 100 Å². The van der Waals surface area contributed by atoms with Crippen LogP contribution in [0.15, 0.2) is 77.9 Å². The maximum absolute atomic E-state index is 13.6. The van der Waals surface area contributed by atoms with Crippen LogP contribution in [-0.4, -0.2) is 57.2 Å². The summed E-state index contributed by atoms with van der Waals surface area (Å²) in [5, 5.41) is 9.00. The van der Waals surface area contributed by atoms with Gasteiger partial charge in [0.2, 0.25) is 5.75 Å². The maximum atomic E-state index is 13.6. The molecular weight excluding hydrogens is 464 g/mol. The normalized spacial score (nSPS) is 14.2. The van der Waals surface area contributed by atoms with Crippen LogP contribution >= 0.6 is 0 Å². The van der Waals surface area contributed by atoms with Crippen LogP contribution in [0, 0.1) is 6.92 Å². The molecule has 1 saturated heterocycles. The molecule has 0 saturated carbocycles. The molecule has 0 radical (unpaired) electrons. The van der Waals surface area contributed by atoms with Crippen molar-refractivity contribution in [1.29, 1.82) is 0 Å². The van der Waals surface area contributed by atoms with E-state index < -0.39 is 0 Å². The topological polar surface area (TPSA) is 68.4 Å². The first-order chi connectivity index (χ1) is 18.1. The van der Waals surface area contributed by atoms with Crippen LogP contribution in [0.25, 0.3) is 5.69 Å². The molecule has 0 atom stereocenters. The molecule has 0 aliphatic carbocycles. The average Bonchev–Trinajstić information content (AvgIpc) is 3.29. The minimum Gasteiger partial charge on any atom is -0.486 e. The summed E-state index contributed by atoms with van der Waals surface area (Å²) in [6, 6.07) is 19.7. The van der Waals surface area contributed by atoms with Gasteiger partial charge in [0.1, 0.15) is 5.69 Å². The van der Waals surface area contributed by atoms with Gasteiger partial charge in [-0.2, -0.15) is 14.9 Å². The number of rotatable bonds is 9. The van der Waals surface area contributed by atoms with Crippen molar-refractivity contribution in [2.24, 2.45) is 0 Å². The molecule has 1 fully saturated rings. The Hall–Kier alpha value is -3.91. The Bertz CT molecular complexity index is 1360. The molecule has 0 N–H and O–H groups in total. The highest BCUT2D eigenvalue weighted by Gasteiger charge is 2.24. The summed E-state index contributed by atoms with van der Waals surface area (Å²) in [6.07, 6.45) is 4.49. The average molecular weight is 499 g/mol. The SMILES string of the molecule is CCn1ncc(CN2CCN(c3cnn(-c4ccccc4)c(=O)c3OCCc3ccccc3)CC2)c1C. The molecule has 2 aromatic heterocycles. The molecule has 5 rings (SSSR count). The van der Waals surface area contributed by atoms with Gasteiger partial charge in [-0.3, -0.25) is 14.4 Å². The van der Waals surface area contributed by atoms with Crippen molar-refractivity contribution in [3.63, 3.8) is 0 Å². The van der Waals surface area contributed by atoms with Gasteiger partial charge in [0.05, 0.1) is 24.7 Å². The lowest BCUT2D eigenvalue weighted by Crippen LogP contribution is -2.46. The molecule has 8 heteroatoms. The Labute approximate surface area is 217 Å². The first kappa shape index (κ1) is 24.8. The van der Waals surface area contributed by atoms with E-state index in [9.17, 15) is 4.79 Å². The third-order valence-corrected chi connectivity index (χ3v) is 7.01. The predicted octanol–water partition coefficient (Wildman–Crippen LogP) is 3.70. The Morgan fingerprint density at radius 1 is 0.892 bits per heavy atom. The summed E-state index contributed by atoms with van der Waals surface area (Å²) in [6.45, 7) is 9.81. The summed E-state index contributed by atoms with van der Waals surface area (Å²) in [5.41, 5.74) is 4.93. The number of anilines is 1. The summed E-state index contributed by atoms with van der Waals surface area (Å²) in [7, 11) is 0. The second kappa shape index (κ2) is 11.4. The molecule has 3 heterocycles. The van der Waals surface area contributed by atoms with Crippen LogP contribution in [-0.2, 0) is 19.5 Å². The van der Waals surface area contributed by atoms with Crippen molar-refractivity contribution < 1.29 is 4.74 Å². The second-order valence-corrected chi connectivity index (χ2v) is 9.33. The largest absolute Gasteiger partial charge is 0.486 e. The van der Waals surface area contributed by atoms with Crippen LogP contribution in [0.1, 0.15) is 23.7 Å². The number of para-hydroxylation sites is 1. The molecule has 0 amide bonds. The monoisotopic (exact) mass is 498 g/mol. The number of aromatic nitrogens is 4. The van der Waals surface area contributed by atoms with Crippen LogP contribution < -0.4 is 15.2 Å². The van der Waals surface area contributed by atoms with Gasteiger partial charge in [-0.05, 0) is 31.5 Å². The van der Waals surface area contributed by atoms with E-state index in [0.29, 0.717) is 12.4 Å². The van der Waals surface area contributed by atoms with Gasteiger partial charge < -0.3 is 9.64 Å². The number of nitrogens with zero attached hydrogens (tertiary/aromatic N) is 6. The molecule has 0 bridgehead atoms. The van der Waals surface area contributed by atoms with E-state index in [1.165, 1.54) is 21.5 Å². The zero-order valence-corrected chi connectivity index (χ0v) is 21.6. The van der Waals surface area contributed by atoms with E-state index in [1.54, 1.807) is 6.20 Å². The molecule has 1 aliphatic rings. The zero-order valence-electron chi connectivity index (χ0n) is 21.6. The van der Waals surface area contributed by atoms with Gasteiger partial charge >= 0.3 is 5.56 Å². The summed E-state index contributed by atoms with van der Waals surface area (Å²) in [5.74, 6) is 0.364. The van der Waals surface area contributed by atoms with E-state index >= 15 is 0 Å². The first-order valence-corrected chi connectivity index (χ1v) is 13.0. The Morgan fingerprint density at radius 3 is 2.27 bits per heavy atom. The molecule has 0 unspecified atom stereocenters. The number of benzene rings is 2. The fourth-order valence-electron chi connectivity index (χ4n) is 4.81. The highest BCUT2D eigenvalue weighted by atomic mass is 16.5. The third kappa shape index (κ3) is 5.59. The lowest BCUT2D eigenvalue weighted by atomic mass is 10.2. The molecule has 4 aromatic rings. The van der Waals surface area contributed by atoms with Crippen molar-refractivity contribution in [3.8, 4) is 11.4 Å². The van der Waals surface area contributed by atoms with E-state index in [-0.39, 0.29) is 5.56 Å². The lowest BCUT2D eigenvalue weighted by molar-refractivity contribution is 0.247. The first-order valence-electron chi connectivity index (χ1n) is 13.0. The summed E-state index contributed by atoms with van der Waals surface area (Å²) < 4.78 is 9.66. The number of piperazine rings is 1. The Kier molecular flexibility index (Phi) is 7.65. The van der Waals surface area contributed by atoms with E-state index in [4.69, 9.17) is 4.74 Å². The van der Waals surface area contributed by atoms with Crippen LogP contribution in [0.5, 0.6) is 5.75 Å².